The van der Waals surface area contributed by atoms with E-state index < -0.39 is 9.76 Å². The van der Waals surface area contributed by atoms with Crippen molar-refractivity contribution in [2.45, 2.75) is 78.6 Å². The van der Waals surface area contributed by atoms with E-state index in [9.17, 15) is 0 Å². The molecular formula is C15H36N2OSi. The van der Waals surface area contributed by atoms with Crippen LogP contribution in [0.3, 0.4) is 0 Å². The number of rotatable bonds is 7. The van der Waals surface area contributed by atoms with Crippen molar-refractivity contribution in [2.24, 2.45) is 0 Å². The second-order valence-corrected chi connectivity index (χ2v) is 10.4. The second kappa shape index (κ2) is 7.20. The van der Waals surface area contributed by atoms with Gasteiger partial charge >= 0.3 is 0 Å². The van der Waals surface area contributed by atoms with Crippen molar-refractivity contribution in [1.82, 2.24) is 10.2 Å². The molecule has 0 aromatic heterocycles. The van der Waals surface area contributed by atoms with Crippen LogP contribution in [0.5, 0.6) is 0 Å². The number of nitrogens with one attached hydrogen (secondary N) is 1. The Labute approximate surface area is 123 Å². The first-order valence-electron chi connectivity index (χ1n) is 7.51. The average Bonchev–Trinajstić information content (AvgIpc) is 2.18. The first-order valence-corrected chi connectivity index (χ1v) is 8.79. The van der Waals surface area contributed by atoms with Crippen molar-refractivity contribution in [3.63, 3.8) is 0 Å². The lowest BCUT2D eigenvalue weighted by Crippen LogP contribution is -2.59. The maximum absolute atomic E-state index is 5.80. The van der Waals surface area contributed by atoms with Crippen molar-refractivity contribution in [1.29, 1.82) is 0 Å². The van der Waals surface area contributed by atoms with Gasteiger partial charge in [-0.15, -0.1) is 0 Å². The summed E-state index contributed by atoms with van der Waals surface area (Å²) in [5.41, 5.74) is 0.359. The first kappa shape index (κ1) is 19.1. The van der Waals surface area contributed by atoms with Crippen LogP contribution in [-0.2, 0) is 4.43 Å². The normalized spacial score (nSPS) is 14.8. The molecule has 0 aliphatic heterocycles. The second-order valence-electron chi connectivity index (χ2n) is 7.95. The van der Waals surface area contributed by atoms with E-state index in [2.05, 4.69) is 72.5 Å². The van der Waals surface area contributed by atoms with Gasteiger partial charge in [0.05, 0.1) is 0 Å². The van der Waals surface area contributed by atoms with Gasteiger partial charge in [0.2, 0.25) is 0 Å². The molecule has 19 heavy (non-hydrogen) atoms. The Bertz CT molecular complexity index is 254. The largest absolute Gasteiger partial charge is 0.422 e. The average molecular weight is 289 g/mol. The lowest BCUT2D eigenvalue weighted by molar-refractivity contribution is 0.0633. The highest BCUT2D eigenvalue weighted by molar-refractivity contribution is 6.32. The number of hydrogen-bond acceptors (Lipinski definition) is 3. The van der Waals surface area contributed by atoms with Crippen molar-refractivity contribution in [3.8, 4) is 0 Å². The fourth-order valence-electron chi connectivity index (χ4n) is 2.52. The Morgan fingerprint density at radius 1 is 1.00 bits per heavy atom. The van der Waals surface area contributed by atoms with Gasteiger partial charge < -0.3 is 9.74 Å². The quantitative estimate of drug-likeness (QED) is 0.728. The predicted octanol–water partition coefficient (Wildman–Crippen LogP) is 2.33. The summed E-state index contributed by atoms with van der Waals surface area (Å²) in [7, 11) is -0.552. The van der Waals surface area contributed by atoms with Gasteiger partial charge in [0, 0.05) is 35.9 Å². The molecule has 0 unspecified atom stereocenters. The van der Waals surface area contributed by atoms with E-state index in [1.807, 2.05) is 0 Å². The van der Waals surface area contributed by atoms with Crippen LogP contribution in [0.4, 0.5) is 0 Å². The Morgan fingerprint density at radius 2 is 1.53 bits per heavy atom. The number of nitrogens with zero attached hydrogens (tertiary/aromatic N) is 1. The van der Waals surface area contributed by atoms with E-state index in [4.69, 9.17) is 4.43 Å². The summed E-state index contributed by atoms with van der Waals surface area (Å²) in [4.78, 5) is 2.60. The van der Waals surface area contributed by atoms with Crippen molar-refractivity contribution in [3.05, 3.63) is 0 Å². The van der Waals surface area contributed by atoms with Gasteiger partial charge in [-0.2, -0.15) is 0 Å². The third-order valence-electron chi connectivity index (χ3n) is 3.19. The fraction of sp³-hybridized carbons (Fsp3) is 1.00. The molecule has 116 valence electrons. The monoisotopic (exact) mass is 288 g/mol. The van der Waals surface area contributed by atoms with E-state index in [0.717, 1.165) is 19.7 Å². The molecule has 0 heterocycles. The van der Waals surface area contributed by atoms with Gasteiger partial charge in [-0.05, 0) is 62.3 Å². The molecule has 0 aromatic carbocycles. The maximum Gasteiger partial charge on any atom is 0.180 e. The van der Waals surface area contributed by atoms with Crippen LogP contribution in [0.1, 0.15) is 62.3 Å². The van der Waals surface area contributed by atoms with Crippen LogP contribution in [0.2, 0.25) is 0 Å². The van der Waals surface area contributed by atoms with Gasteiger partial charge in [-0.1, -0.05) is 0 Å². The zero-order valence-corrected chi connectivity index (χ0v) is 16.1. The molecule has 4 heteroatoms. The van der Waals surface area contributed by atoms with Gasteiger partial charge in [-0.3, -0.25) is 4.90 Å². The first-order chi connectivity index (χ1) is 8.40. The third-order valence-corrected chi connectivity index (χ3v) is 4.89. The summed E-state index contributed by atoms with van der Waals surface area (Å²) in [6, 6.07) is 0. The van der Waals surface area contributed by atoms with Crippen LogP contribution in [0.15, 0.2) is 0 Å². The van der Waals surface area contributed by atoms with E-state index in [1.54, 1.807) is 0 Å². The Balaban J connectivity index is 4.64. The minimum atomic E-state index is -0.552. The summed E-state index contributed by atoms with van der Waals surface area (Å²) in [6.45, 7) is 23.2. The van der Waals surface area contributed by atoms with Crippen LogP contribution >= 0.6 is 0 Å². The molecule has 3 nitrogen and oxygen atoms in total. The molecule has 0 fully saturated rings. The molecule has 0 atom stereocenters. The van der Waals surface area contributed by atoms with E-state index >= 15 is 0 Å². The Morgan fingerprint density at radius 3 is 1.89 bits per heavy atom. The molecule has 0 saturated carbocycles. The Hall–Kier alpha value is 0.0969. The van der Waals surface area contributed by atoms with Crippen LogP contribution < -0.4 is 5.32 Å². The summed E-state index contributed by atoms with van der Waals surface area (Å²) in [6.07, 6.45) is 0. The van der Waals surface area contributed by atoms with Gasteiger partial charge in [-0.25, -0.2) is 0 Å². The number of hydrogen-bond donors (Lipinski definition) is 1. The van der Waals surface area contributed by atoms with Crippen LogP contribution in [0, 0.1) is 0 Å². The standard InChI is InChI=1S/C15H36N2OSi/c1-10-18-19-15(8,9)17(14(5,6)7)12-11-16-13(2,3)4/h16H,10-12,19H2,1-9H3. The summed E-state index contributed by atoms with van der Waals surface area (Å²) >= 11 is 0. The van der Waals surface area contributed by atoms with Crippen LogP contribution in [0.25, 0.3) is 0 Å². The lowest BCUT2D eigenvalue weighted by Gasteiger charge is -2.47. The summed E-state index contributed by atoms with van der Waals surface area (Å²) in [5.74, 6) is 0. The van der Waals surface area contributed by atoms with Crippen molar-refractivity contribution in [2.75, 3.05) is 19.7 Å². The highest BCUT2D eigenvalue weighted by atomic mass is 28.2. The molecule has 0 radical (unpaired) electrons. The summed E-state index contributed by atoms with van der Waals surface area (Å²) < 4.78 is 5.80. The van der Waals surface area contributed by atoms with E-state index in [1.165, 1.54) is 0 Å². The molecule has 0 rings (SSSR count). The van der Waals surface area contributed by atoms with E-state index in [0.29, 0.717) is 0 Å². The topological polar surface area (TPSA) is 24.5 Å². The zero-order chi connectivity index (χ0) is 15.3. The maximum atomic E-state index is 5.80. The lowest BCUT2D eigenvalue weighted by atomic mass is 10.0. The fourth-order valence-corrected chi connectivity index (χ4v) is 4.01. The highest BCUT2D eigenvalue weighted by Crippen LogP contribution is 2.24. The van der Waals surface area contributed by atoms with Crippen LogP contribution in [-0.4, -0.2) is 50.6 Å². The van der Waals surface area contributed by atoms with E-state index in [-0.39, 0.29) is 16.2 Å². The van der Waals surface area contributed by atoms with Crippen molar-refractivity contribution >= 4 is 9.76 Å². The molecule has 0 amide bonds. The predicted molar refractivity (Wildman–Crippen MR) is 88.5 cm³/mol. The highest BCUT2D eigenvalue weighted by Gasteiger charge is 2.35. The van der Waals surface area contributed by atoms with Gasteiger partial charge in [0.25, 0.3) is 0 Å². The molecule has 1 N–H and O–H groups in total. The minimum Gasteiger partial charge on any atom is -0.422 e. The third kappa shape index (κ3) is 8.08. The molecule has 0 bridgehead atoms. The Kier molecular flexibility index (Phi) is 7.24. The van der Waals surface area contributed by atoms with Crippen molar-refractivity contribution < 1.29 is 4.43 Å². The summed E-state index contributed by atoms with van der Waals surface area (Å²) in [5, 5.41) is 3.77. The molecule has 0 aliphatic carbocycles. The van der Waals surface area contributed by atoms with Gasteiger partial charge in [0.15, 0.2) is 9.76 Å². The molecular weight excluding hydrogens is 252 g/mol. The zero-order valence-electron chi connectivity index (χ0n) is 14.7. The SMILES string of the molecule is CCO[SiH2]C(C)(C)N(CCNC(C)(C)C)C(C)(C)C. The molecule has 0 aromatic rings. The molecule has 0 spiro atoms. The smallest absolute Gasteiger partial charge is 0.180 e. The molecule has 0 aliphatic rings. The minimum absolute atomic E-state index is 0.174. The van der Waals surface area contributed by atoms with Gasteiger partial charge in [0.1, 0.15) is 0 Å². The molecule has 0 saturated heterocycles.